The van der Waals surface area contributed by atoms with Crippen molar-refractivity contribution in [1.82, 2.24) is 4.90 Å². The van der Waals surface area contributed by atoms with Crippen LogP contribution in [-0.2, 0) is 6.54 Å². The van der Waals surface area contributed by atoms with E-state index in [0.29, 0.717) is 23.7 Å². The summed E-state index contributed by atoms with van der Waals surface area (Å²) in [7, 11) is 2.07. The number of nitrogen functional groups attached to an aromatic ring is 1. The van der Waals surface area contributed by atoms with Crippen LogP contribution in [0, 0.1) is 17.1 Å². The van der Waals surface area contributed by atoms with E-state index in [1.165, 1.54) is 31.7 Å². The van der Waals surface area contributed by atoms with E-state index in [9.17, 15) is 4.39 Å². The van der Waals surface area contributed by atoms with E-state index in [4.69, 9.17) is 11.1 Å². The number of rotatable bonds is 4. The zero-order valence-corrected chi connectivity index (χ0v) is 12.3. The molecule has 2 rings (SSSR count). The van der Waals surface area contributed by atoms with Gasteiger partial charge in [0.1, 0.15) is 11.7 Å². The predicted octanol–water partition coefficient (Wildman–Crippen LogP) is 3.12. The lowest BCUT2D eigenvalue weighted by Gasteiger charge is -2.33. The molecule has 0 bridgehead atoms. The fraction of sp³-hybridized carbons (Fsp3) is 0.562. The minimum atomic E-state index is -0.270. The summed E-state index contributed by atoms with van der Waals surface area (Å²) in [6.45, 7) is 2.92. The standard InChI is InChI=1S/C16H24FN3/c1-11-3-7-14(8-4-11)20(2)10-13-6-5-12(16(18)19)9-15(13)17/h5-6,9,11,14H,3-4,7-8,10H2,1-2H3,(H3,18,19). The first kappa shape index (κ1) is 15.0. The summed E-state index contributed by atoms with van der Waals surface area (Å²) in [5.74, 6) is 0.463. The molecule has 1 aromatic rings. The molecule has 0 atom stereocenters. The van der Waals surface area contributed by atoms with Gasteiger partial charge in [-0.05, 0) is 44.7 Å². The Kier molecular flexibility index (Phi) is 4.76. The molecule has 0 spiro atoms. The molecular formula is C16H24FN3. The average Bonchev–Trinajstić information content (AvgIpc) is 2.41. The van der Waals surface area contributed by atoms with Crippen LogP contribution in [0.25, 0.3) is 0 Å². The van der Waals surface area contributed by atoms with E-state index in [1.807, 2.05) is 0 Å². The molecule has 1 aliphatic rings. The number of nitrogens with two attached hydrogens (primary N) is 1. The van der Waals surface area contributed by atoms with E-state index in [-0.39, 0.29) is 11.7 Å². The van der Waals surface area contributed by atoms with E-state index in [2.05, 4.69) is 18.9 Å². The van der Waals surface area contributed by atoms with Crippen molar-refractivity contribution >= 4 is 5.84 Å². The number of nitrogens with one attached hydrogen (secondary N) is 1. The molecular weight excluding hydrogens is 253 g/mol. The zero-order chi connectivity index (χ0) is 14.7. The Balaban J connectivity index is 2.00. The molecule has 3 nitrogen and oxygen atoms in total. The van der Waals surface area contributed by atoms with Crippen molar-refractivity contribution in [2.75, 3.05) is 7.05 Å². The van der Waals surface area contributed by atoms with Crippen molar-refractivity contribution in [3.8, 4) is 0 Å². The van der Waals surface area contributed by atoms with Gasteiger partial charge in [-0.2, -0.15) is 0 Å². The largest absolute Gasteiger partial charge is 0.384 e. The van der Waals surface area contributed by atoms with Gasteiger partial charge in [0, 0.05) is 23.7 Å². The number of hydrogen-bond acceptors (Lipinski definition) is 2. The smallest absolute Gasteiger partial charge is 0.128 e. The summed E-state index contributed by atoms with van der Waals surface area (Å²) in [5, 5.41) is 7.32. The van der Waals surface area contributed by atoms with Crippen LogP contribution in [0.4, 0.5) is 4.39 Å². The van der Waals surface area contributed by atoms with E-state index in [1.54, 1.807) is 12.1 Å². The van der Waals surface area contributed by atoms with Crippen molar-refractivity contribution in [3.63, 3.8) is 0 Å². The van der Waals surface area contributed by atoms with Crippen LogP contribution in [-0.4, -0.2) is 23.8 Å². The van der Waals surface area contributed by atoms with Crippen molar-refractivity contribution < 1.29 is 4.39 Å². The molecule has 0 saturated heterocycles. The molecule has 1 saturated carbocycles. The fourth-order valence-corrected chi connectivity index (χ4v) is 2.92. The molecule has 0 amide bonds. The summed E-state index contributed by atoms with van der Waals surface area (Å²) in [6, 6.07) is 5.37. The molecule has 20 heavy (non-hydrogen) atoms. The van der Waals surface area contributed by atoms with Crippen LogP contribution in [0.1, 0.15) is 43.7 Å². The van der Waals surface area contributed by atoms with Crippen LogP contribution < -0.4 is 5.73 Å². The molecule has 3 N–H and O–H groups in total. The molecule has 110 valence electrons. The van der Waals surface area contributed by atoms with Crippen molar-refractivity contribution in [3.05, 3.63) is 35.1 Å². The summed E-state index contributed by atoms with van der Waals surface area (Å²) >= 11 is 0. The summed E-state index contributed by atoms with van der Waals surface area (Å²) in [4.78, 5) is 2.25. The quantitative estimate of drug-likeness (QED) is 0.656. The zero-order valence-electron chi connectivity index (χ0n) is 12.3. The molecule has 1 aromatic carbocycles. The number of benzene rings is 1. The molecule has 4 heteroatoms. The first-order valence-electron chi connectivity index (χ1n) is 7.30. The van der Waals surface area contributed by atoms with Crippen molar-refractivity contribution in [1.29, 1.82) is 5.41 Å². The summed E-state index contributed by atoms with van der Waals surface area (Å²) in [6.07, 6.45) is 4.93. The van der Waals surface area contributed by atoms with Crippen molar-refractivity contribution in [2.24, 2.45) is 11.7 Å². The second-order valence-corrected chi connectivity index (χ2v) is 6.05. The van der Waals surface area contributed by atoms with E-state index >= 15 is 0 Å². The van der Waals surface area contributed by atoms with Gasteiger partial charge >= 0.3 is 0 Å². The SMILES string of the molecule is CC1CCC(N(C)Cc2ccc(C(=N)N)cc2F)CC1. The van der Waals surface area contributed by atoms with E-state index < -0.39 is 0 Å². The van der Waals surface area contributed by atoms with Gasteiger partial charge in [-0.3, -0.25) is 10.3 Å². The average molecular weight is 277 g/mol. The third-order valence-corrected chi connectivity index (χ3v) is 4.39. The maximum Gasteiger partial charge on any atom is 0.128 e. The second kappa shape index (κ2) is 6.35. The van der Waals surface area contributed by atoms with Crippen LogP contribution in [0.2, 0.25) is 0 Å². The maximum atomic E-state index is 14.0. The topological polar surface area (TPSA) is 53.1 Å². The number of halogens is 1. The van der Waals surface area contributed by atoms with Crippen molar-refractivity contribution in [2.45, 2.75) is 45.2 Å². The highest BCUT2D eigenvalue weighted by atomic mass is 19.1. The molecule has 1 fully saturated rings. The Morgan fingerprint density at radius 2 is 2.00 bits per heavy atom. The van der Waals surface area contributed by atoms with Gasteiger partial charge in [0.25, 0.3) is 0 Å². The molecule has 0 radical (unpaired) electrons. The van der Waals surface area contributed by atoms with Gasteiger partial charge in [0.15, 0.2) is 0 Å². The first-order chi connectivity index (χ1) is 9.47. The van der Waals surface area contributed by atoms with E-state index in [0.717, 1.165) is 5.92 Å². The second-order valence-electron chi connectivity index (χ2n) is 6.05. The highest BCUT2D eigenvalue weighted by Gasteiger charge is 2.22. The number of nitrogens with zero attached hydrogens (tertiary/aromatic N) is 1. The highest BCUT2D eigenvalue weighted by Crippen LogP contribution is 2.27. The number of amidine groups is 1. The highest BCUT2D eigenvalue weighted by molar-refractivity contribution is 5.94. The Labute approximate surface area is 120 Å². The third kappa shape index (κ3) is 3.57. The Bertz CT molecular complexity index is 479. The van der Waals surface area contributed by atoms with Gasteiger partial charge in [-0.1, -0.05) is 19.1 Å². The minimum Gasteiger partial charge on any atom is -0.384 e. The van der Waals surface area contributed by atoms with Gasteiger partial charge in [-0.25, -0.2) is 4.39 Å². The minimum absolute atomic E-state index is 0.0925. The Hall–Kier alpha value is -1.42. The fourth-order valence-electron chi connectivity index (χ4n) is 2.92. The maximum absolute atomic E-state index is 14.0. The Morgan fingerprint density at radius 3 is 2.55 bits per heavy atom. The molecule has 0 heterocycles. The first-order valence-corrected chi connectivity index (χ1v) is 7.30. The molecule has 0 aliphatic heterocycles. The van der Waals surface area contributed by atoms with Gasteiger partial charge in [-0.15, -0.1) is 0 Å². The summed E-state index contributed by atoms with van der Waals surface area (Å²) in [5.41, 5.74) is 6.49. The predicted molar refractivity (Wildman–Crippen MR) is 80.3 cm³/mol. The molecule has 0 unspecified atom stereocenters. The lowest BCUT2D eigenvalue weighted by molar-refractivity contribution is 0.162. The van der Waals surface area contributed by atoms with Crippen LogP contribution >= 0.6 is 0 Å². The third-order valence-electron chi connectivity index (χ3n) is 4.39. The number of hydrogen-bond donors (Lipinski definition) is 2. The van der Waals surface area contributed by atoms with Gasteiger partial charge in [0.2, 0.25) is 0 Å². The molecule has 1 aliphatic carbocycles. The van der Waals surface area contributed by atoms with Gasteiger partial charge < -0.3 is 5.73 Å². The lowest BCUT2D eigenvalue weighted by Crippen LogP contribution is -2.34. The monoisotopic (exact) mass is 277 g/mol. The lowest BCUT2D eigenvalue weighted by atomic mass is 9.86. The van der Waals surface area contributed by atoms with Crippen LogP contribution in [0.15, 0.2) is 18.2 Å². The summed E-state index contributed by atoms with van der Waals surface area (Å²) < 4.78 is 14.0. The van der Waals surface area contributed by atoms with Crippen LogP contribution in [0.5, 0.6) is 0 Å². The van der Waals surface area contributed by atoms with Crippen LogP contribution in [0.3, 0.4) is 0 Å². The molecule has 0 aromatic heterocycles. The van der Waals surface area contributed by atoms with Gasteiger partial charge in [0.05, 0.1) is 0 Å². The Morgan fingerprint density at radius 1 is 1.35 bits per heavy atom. The normalized spacial score (nSPS) is 23.0.